The summed E-state index contributed by atoms with van der Waals surface area (Å²) in [5.41, 5.74) is -1.09. The molecule has 0 spiro atoms. The number of phenols is 1. The highest BCUT2D eigenvalue weighted by Gasteiger charge is 2.24. The van der Waals surface area contributed by atoms with E-state index in [1.165, 1.54) is 13.2 Å². The zero-order chi connectivity index (χ0) is 19.5. The number of carbonyl (C=O) groups excluding carboxylic acids is 1. The molecule has 0 fully saturated rings. The number of sulfonamides is 1. The number of benzene rings is 2. The Morgan fingerprint density at radius 1 is 1.27 bits per heavy atom. The second-order valence-corrected chi connectivity index (χ2v) is 6.51. The van der Waals surface area contributed by atoms with Crippen molar-refractivity contribution in [1.29, 1.82) is 0 Å². The predicted molar refractivity (Wildman–Crippen MR) is 91.8 cm³/mol. The monoisotopic (exact) mass is 382 g/mol. The molecule has 0 aliphatic carbocycles. The number of methoxy groups -OCH3 is 1. The van der Waals surface area contributed by atoms with Crippen LogP contribution in [0.25, 0.3) is 0 Å². The van der Waals surface area contributed by atoms with E-state index < -0.39 is 43.0 Å². The van der Waals surface area contributed by atoms with Gasteiger partial charge in [-0.2, -0.15) is 0 Å². The maximum atomic E-state index is 12.1. The number of aromatic hydroxyl groups is 1. The molecule has 0 aliphatic heterocycles. The summed E-state index contributed by atoms with van der Waals surface area (Å²) in [6.45, 7) is 0. The lowest BCUT2D eigenvalue weighted by Crippen LogP contribution is -2.20. The van der Waals surface area contributed by atoms with Gasteiger partial charge in [0, 0.05) is 17.8 Å². The minimum atomic E-state index is -4.31. The molecule has 2 aromatic carbocycles. The molecule has 0 saturated heterocycles. The highest BCUT2D eigenvalue weighted by molar-refractivity contribution is 7.89. The lowest BCUT2D eigenvalue weighted by Gasteiger charge is -2.11. The van der Waals surface area contributed by atoms with E-state index in [0.29, 0.717) is 17.5 Å². The van der Waals surface area contributed by atoms with E-state index in [1.807, 2.05) is 0 Å². The summed E-state index contributed by atoms with van der Waals surface area (Å²) in [5, 5.41) is 30.4. The third-order valence-corrected chi connectivity index (χ3v) is 4.06. The lowest BCUT2D eigenvalue weighted by atomic mass is 10.2. The Balaban J connectivity index is 2.34. The van der Waals surface area contributed by atoms with Crippen molar-refractivity contribution in [3.63, 3.8) is 0 Å². The average molecular weight is 382 g/mol. The fourth-order valence-electron chi connectivity index (χ4n) is 1.98. The molecule has 0 unspecified atom stereocenters. The first kappa shape index (κ1) is 19.0. The molecule has 26 heavy (non-hydrogen) atoms. The second-order valence-electron chi connectivity index (χ2n) is 4.95. The first-order chi connectivity index (χ1) is 12.1. The van der Waals surface area contributed by atoms with Crippen molar-refractivity contribution in [2.24, 2.45) is 5.14 Å². The summed E-state index contributed by atoms with van der Waals surface area (Å²) in [5.74, 6) is -0.444. The number of hydrogen-bond acceptors (Lipinski definition) is 7. The average Bonchev–Trinajstić information content (AvgIpc) is 2.55. The van der Waals surface area contributed by atoms with E-state index in [0.717, 1.165) is 6.07 Å². The number of nitrogens with zero attached hydrogens (tertiary/aromatic N) is 1. The molecule has 2 aromatic rings. The lowest BCUT2D eigenvalue weighted by molar-refractivity contribution is -0.386. The Hall–Kier alpha value is -3.38. The van der Waals surface area contributed by atoms with Crippen molar-refractivity contribution in [2.45, 2.75) is 4.90 Å². The van der Waals surface area contributed by atoms with Crippen LogP contribution in [0.4, 0.5) is 21.9 Å². The molecule has 0 aliphatic rings. The molecule has 0 atom stereocenters. The van der Waals surface area contributed by atoms with Crippen LogP contribution in [0, 0.1) is 10.1 Å². The summed E-state index contributed by atoms with van der Waals surface area (Å²) < 4.78 is 27.9. The number of anilines is 2. The molecule has 0 radical (unpaired) electrons. The van der Waals surface area contributed by atoms with Gasteiger partial charge in [-0.3, -0.25) is 10.1 Å². The maximum Gasteiger partial charge on any atom is 0.323 e. The van der Waals surface area contributed by atoms with Gasteiger partial charge in [0.05, 0.1) is 22.6 Å². The number of nitro groups is 1. The second kappa shape index (κ2) is 7.25. The number of carbonyl (C=O) groups is 1. The Morgan fingerprint density at radius 3 is 2.54 bits per heavy atom. The van der Waals surface area contributed by atoms with Crippen molar-refractivity contribution in [3.8, 4) is 11.5 Å². The van der Waals surface area contributed by atoms with Gasteiger partial charge in [0.1, 0.15) is 5.75 Å². The number of rotatable bonds is 5. The van der Waals surface area contributed by atoms with Gasteiger partial charge in [0.2, 0.25) is 15.8 Å². The van der Waals surface area contributed by atoms with Crippen molar-refractivity contribution < 1.29 is 28.0 Å². The number of nitro benzene ring substituents is 1. The number of primary sulfonamides is 1. The van der Waals surface area contributed by atoms with E-state index in [2.05, 4.69) is 10.6 Å². The standard InChI is InChI=1S/C14H14N4O7S/c1-25-9-4-2-3-8(5-9)16-14(20)17-11-6-10(26(15,23)24)7-12(13(11)19)18(21)22/h2-7,19H,1H3,(H2,15,23,24)(H2,16,17,20). The molecular weight excluding hydrogens is 368 g/mol. The van der Waals surface area contributed by atoms with Crippen LogP contribution in [-0.4, -0.2) is 31.6 Å². The number of phenolic OH excluding ortho intramolecular Hbond substituents is 1. The highest BCUT2D eigenvalue weighted by atomic mass is 32.2. The van der Waals surface area contributed by atoms with Gasteiger partial charge < -0.3 is 20.5 Å². The SMILES string of the molecule is COc1cccc(NC(=O)Nc2cc(S(N)(=O)=O)cc([N+](=O)[O-])c2O)c1. The first-order valence-corrected chi connectivity index (χ1v) is 8.42. The van der Waals surface area contributed by atoms with Crippen molar-refractivity contribution >= 4 is 33.1 Å². The number of hydrogen-bond donors (Lipinski definition) is 4. The van der Waals surface area contributed by atoms with Crippen LogP contribution >= 0.6 is 0 Å². The summed E-state index contributed by atoms with van der Waals surface area (Å²) >= 11 is 0. The molecule has 138 valence electrons. The van der Waals surface area contributed by atoms with Gasteiger partial charge in [-0.25, -0.2) is 18.4 Å². The first-order valence-electron chi connectivity index (χ1n) is 6.88. The fourth-order valence-corrected chi connectivity index (χ4v) is 2.54. The zero-order valence-corrected chi connectivity index (χ0v) is 14.1. The van der Waals surface area contributed by atoms with Crippen molar-refractivity contribution in [1.82, 2.24) is 0 Å². The summed E-state index contributed by atoms with van der Waals surface area (Å²) in [4.78, 5) is 21.4. The molecule has 11 nitrogen and oxygen atoms in total. The predicted octanol–water partition coefficient (Wildman–Crippen LogP) is 1.60. The largest absolute Gasteiger partial charge is 0.501 e. The fraction of sp³-hybridized carbons (Fsp3) is 0.0714. The minimum absolute atomic E-state index is 0.332. The molecule has 0 heterocycles. The highest BCUT2D eigenvalue weighted by Crippen LogP contribution is 2.36. The molecule has 0 bridgehead atoms. The third-order valence-electron chi connectivity index (χ3n) is 3.16. The number of ether oxygens (including phenoxy) is 1. The molecule has 12 heteroatoms. The van der Waals surface area contributed by atoms with Gasteiger partial charge in [0.15, 0.2) is 0 Å². The molecular formula is C14H14N4O7S. The van der Waals surface area contributed by atoms with Gasteiger partial charge in [-0.15, -0.1) is 0 Å². The number of nitrogens with one attached hydrogen (secondary N) is 2. The Kier molecular flexibility index (Phi) is 5.28. The molecule has 2 amide bonds. The van der Waals surface area contributed by atoms with E-state index in [-0.39, 0.29) is 0 Å². The van der Waals surface area contributed by atoms with Gasteiger partial charge in [-0.1, -0.05) is 6.07 Å². The summed E-state index contributed by atoms with van der Waals surface area (Å²) in [7, 11) is -2.87. The molecule has 0 saturated carbocycles. The quantitative estimate of drug-likeness (QED) is 0.345. The van der Waals surface area contributed by atoms with Crippen LogP contribution in [0.1, 0.15) is 0 Å². The van der Waals surface area contributed by atoms with Crippen LogP contribution in [-0.2, 0) is 10.0 Å². The van der Waals surface area contributed by atoms with E-state index >= 15 is 0 Å². The number of urea groups is 1. The Morgan fingerprint density at radius 2 is 1.96 bits per heavy atom. The van der Waals surface area contributed by atoms with Crippen LogP contribution < -0.4 is 20.5 Å². The molecule has 2 rings (SSSR count). The van der Waals surface area contributed by atoms with Crippen LogP contribution in [0.15, 0.2) is 41.3 Å². The van der Waals surface area contributed by atoms with E-state index in [9.17, 15) is 28.4 Å². The van der Waals surface area contributed by atoms with Gasteiger partial charge in [0.25, 0.3) is 0 Å². The summed E-state index contributed by atoms with van der Waals surface area (Å²) in [6.07, 6.45) is 0. The molecule has 5 N–H and O–H groups in total. The topological polar surface area (TPSA) is 174 Å². The van der Waals surface area contributed by atoms with Crippen LogP contribution in [0.5, 0.6) is 11.5 Å². The normalized spacial score (nSPS) is 10.8. The van der Waals surface area contributed by atoms with Gasteiger partial charge in [-0.05, 0) is 18.2 Å². The van der Waals surface area contributed by atoms with Crippen molar-refractivity contribution in [3.05, 3.63) is 46.5 Å². The van der Waals surface area contributed by atoms with Gasteiger partial charge >= 0.3 is 11.7 Å². The van der Waals surface area contributed by atoms with Crippen LogP contribution in [0.3, 0.4) is 0 Å². The Bertz CT molecular complexity index is 975. The summed E-state index contributed by atoms with van der Waals surface area (Å²) in [6, 6.07) is 6.83. The van der Waals surface area contributed by atoms with Crippen molar-refractivity contribution in [2.75, 3.05) is 17.7 Å². The van der Waals surface area contributed by atoms with E-state index in [1.54, 1.807) is 18.2 Å². The third kappa shape index (κ3) is 4.37. The molecule has 0 aromatic heterocycles. The Labute approximate surface area is 147 Å². The smallest absolute Gasteiger partial charge is 0.323 e. The van der Waals surface area contributed by atoms with Crippen LogP contribution in [0.2, 0.25) is 0 Å². The zero-order valence-electron chi connectivity index (χ0n) is 13.3. The maximum absolute atomic E-state index is 12.1. The number of amides is 2. The minimum Gasteiger partial charge on any atom is -0.501 e. The van der Waals surface area contributed by atoms with E-state index in [4.69, 9.17) is 9.88 Å². The number of nitrogens with two attached hydrogens (primary N) is 1.